The highest BCUT2D eigenvalue weighted by atomic mass is 16.2. The predicted molar refractivity (Wildman–Crippen MR) is 171 cm³/mol. The van der Waals surface area contributed by atoms with Crippen LogP contribution in [0.3, 0.4) is 0 Å². The number of rotatable bonds is 10. The van der Waals surface area contributed by atoms with Crippen LogP contribution >= 0.6 is 0 Å². The molecule has 0 radical (unpaired) electrons. The molecule has 1 saturated carbocycles. The van der Waals surface area contributed by atoms with Gasteiger partial charge >= 0.3 is 0 Å². The zero-order chi connectivity index (χ0) is 31.3. The van der Waals surface area contributed by atoms with Crippen LogP contribution in [0.2, 0.25) is 0 Å². The maximum absolute atomic E-state index is 14.6. The molecular weight excluding hydrogens is 560 g/mol. The highest BCUT2D eigenvalue weighted by molar-refractivity contribution is 6.17. The summed E-state index contributed by atoms with van der Waals surface area (Å²) in [5.41, 5.74) is 1.52. The zero-order valence-corrected chi connectivity index (χ0v) is 24.4. The molecule has 0 heterocycles. The summed E-state index contributed by atoms with van der Waals surface area (Å²) >= 11 is 0. The average molecular weight is 591 g/mol. The molecule has 5 aromatic carbocycles. The molecule has 0 atom stereocenters. The summed E-state index contributed by atoms with van der Waals surface area (Å²) in [7, 11) is 0. The topological polar surface area (TPSA) is 85.3 Å². The van der Waals surface area contributed by atoms with E-state index in [-0.39, 0.29) is 0 Å². The van der Waals surface area contributed by atoms with Gasteiger partial charge in [-0.3, -0.25) is 24.0 Å². The van der Waals surface area contributed by atoms with Crippen LogP contribution in [-0.2, 0) is 0 Å². The first-order chi connectivity index (χ1) is 22.0. The summed E-state index contributed by atoms with van der Waals surface area (Å²) in [6.07, 6.45) is 0. The third-order valence-corrected chi connectivity index (χ3v) is 8.74. The van der Waals surface area contributed by atoms with E-state index in [2.05, 4.69) is 0 Å². The first-order valence-electron chi connectivity index (χ1n) is 14.9. The van der Waals surface area contributed by atoms with E-state index < -0.39 is 58.5 Å². The maximum atomic E-state index is 14.6. The standard InChI is InChI=1S/C40H30O5/c41-36(26-16-6-1-7-17-26)31-32(37(42)27-18-8-2-9-19-27)34(39(44)29-22-12-4-13-23-29)35(40(45)30-24-14-5-15-25-30)33(31)38(43)28-20-10-3-11-21-28/h1-25,31-35H. The Morgan fingerprint density at radius 3 is 0.511 bits per heavy atom. The number of ketones is 5. The lowest BCUT2D eigenvalue weighted by Crippen LogP contribution is -2.36. The van der Waals surface area contributed by atoms with Crippen LogP contribution < -0.4 is 0 Å². The lowest BCUT2D eigenvalue weighted by atomic mass is 9.75. The molecule has 0 spiro atoms. The van der Waals surface area contributed by atoms with Crippen LogP contribution in [0.5, 0.6) is 0 Å². The van der Waals surface area contributed by atoms with E-state index in [1.165, 1.54) is 0 Å². The second-order valence-corrected chi connectivity index (χ2v) is 11.3. The highest BCUT2D eigenvalue weighted by Gasteiger charge is 2.62. The van der Waals surface area contributed by atoms with Crippen molar-refractivity contribution in [2.45, 2.75) is 0 Å². The Morgan fingerprint density at radius 1 is 0.244 bits per heavy atom. The molecule has 1 aliphatic carbocycles. The van der Waals surface area contributed by atoms with E-state index in [4.69, 9.17) is 0 Å². The Kier molecular flexibility index (Phi) is 8.52. The third-order valence-electron chi connectivity index (χ3n) is 8.74. The molecule has 0 bridgehead atoms. The largest absolute Gasteiger partial charge is 0.294 e. The number of benzene rings is 5. The lowest BCUT2D eigenvalue weighted by Gasteiger charge is -2.24. The second-order valence-electron chi connectivity index (χ2n) is 11.3. The van der Waals surface area contributed by atoms with Gasteiger partial charge in [0.25, 0.3) is 0 Å². The van der Waals surface area contributed by atoms with Crippen molar-refractivity contribution in [3.8, 4) is 0 Å². The second kappa shape index (κ2) is 13.0. The molecule has 6 rings (SSSR count). The van der Waals surface area contributed by atoms with Gasteiger partial charge in [0.05, 0.1) is 0 Å². The fraction of sp³-hybridized carbons (Fsp3) is 0.125. The van der Waals surface area contributed by atoms with Crippen molar-refractivity contribution in [2.75, 3.05) is 0 Å². The van der Waals surface area contributed by atoms with Crippen LogP contribution in [0.25, 0.3) is 0 Å². The van der Waals surface area contributed by atoms with Gasteiger partial charge in [-0.05, 0) is 0 Å². The van der Waals surface area contributed by atoms with Crippen LogP contribution in [-0.4, -0.2) is 28.9 Å². The van der Waals surface area contributed by atoms with Crippen LogP contribution in [0.1, 0.15) is 51.8 Å². The van der Waals surface area contributed by atoms with Gasteiger partial charge in [0.2, 0.25) is 0 Å². The summed E-state index contributed by atoms with van der Waals surface area (Å²) in [5.74, 6) is -8.63. The summed E-state index contributed by atoms with van der Waals surface area (Å²) in [4.78, 5) is 73.1. The van der Waals surface area contributed by atoms with Crippen molar-refractivity contribution >= 4 is 28.9 Å². The summed E-state index contributed by atoms with van der Waals surface area (Å²) in [6, 6.07) is 42.3. The quantitative estimate of drug-likeness (QED) is 0.157. The Balaban J connectivity index is 1.64. The molecule has 220 valence electrons. The molecule has 5 nitrogen and oxygen atoms in total. The molecule has 0 aromatic heterocycles. The van der Waals surface area contributed by atoms with Crippen molar-refractivity contribution < 1.29 is 24.0 Å². The average Bonchev–Trinajstić information content (AvgIpc) is 3.47. The van der Waals surface area contributed by atoms with Gasteiger partial charge in [0, 0.05) is 57.4 Å². The Hall–Kier alpha value is -5.55. The van der Waals surface area contributed by atoms with Crippen LogP contribution in [0.15, 0.2) is 152 Å². The Bertz CT molecular complexity index is 1500. The van der Waals surface area contributed by atoms with Gasteiger partial charge in [-0.1, -0.05) is 152 Å². The minimum absolute atomic E-state index is 0.304. The monoisotopic (exact) mass is 590 g/mol. The fourth-order valence-corrected chi connectivity index (χ4v) is 6.72. The smallest absolute Gasteiger partial charge is 0.167 e. The molecule has 0 N–H and O–H groups in total. The van der Waals surface area contributed by atoms with E-state index in [0.717, 1.165) is 0 Å². The molecule has 1 fully saturated rings. The highest BCUT2D eigenvalue weighted by Crippen LogP contribution is 2.52. The lowest BCUT2D eigenvalue weighted by molar-refractivity contribution is 0.0681. The molecule has 5 aromatic rings. The van der Waals surface area contributed by atoms with Crippen molar-refractivity contribution in [2.24, 2.45) is 29.6 Å². The van der Waals surface area contributed by atoms with E-state index >= 15 is 0 Å². The molecule has 5 heteroatoms. The van der Waals surface area contributed by atoms with E-state index in [1.807, 2.05) is 0 Å². The summed E-state index contributed by atoms with van der Waals surface area (Å²) < 4.78 is 0. The molecule has 45 heavy (non-hydrogen) atoms. The summed E-state index contributed by atoms with van der Waals surface area (Å²) in [5, 5.41) is 0. The number of carbonyl (C=O) groups is 5. The van der Waals surface area contributed by atoms with Crippen LogP contribution in [0, 0.1) is 29.6 Å². The van der Waals surface area contributed by atoms with E-state index in [9.17, 15) is 24.0 Å². The van der Waals surface area contributed by atoms with Crippen molar-refractivity contribution in [1.82, 2.24) is 0 Å². The minimum Gasteiger partial charge on any atom is -0.294 e. The molecule has 0 saturated heterocycles. The maximum Gasteiger partial charge on any atom is 0.167 e. The van der Waals surface area contributed by atoms with Gasteiger partial charge in [-0.2, -0.15) is 0 Å². The zero-order valence-electron chi connectivity index (χ0n) is 24.4. The predicted octanol–water partition coefficient (Wildman–Crippen LogP) is 7.50. The van der Waals surface area contributed by atoms with Gasteiger partial charge in [0.1, 0.15) is 0 Å². The molecule has 1 aliphatic rings. The SMILES string of the molecule is O=C(c1ccccc1)C1C(C(=O)c2ccccc2)C(C(=O)c2ccccc2)C(C(=O)c2ccccc2)C1C(=O)c1ccccc1. The van der Waals surface area contributed by atoms with Gasteiger partial charge in [0.15, 0.2) is 28.9 Å². The van der Waals surface area contributed by atoms with Gasteiger partial charge in [-0.25, -0.2) is 0 Å². The Labute approximate surface area is 261 Å². The van der Waals surface area contributed by atoms with Crippen LogP contribution in [0.4, 0.5) is 0 Å². The van der Waals surface area contributed by atoms with Crippen molar-refractivity contribution in [3.63, 3.8) is 0 Å². The first-order valence-corrected chi connectivity index (χ1v) is 14.9. The number of Topliss-reactive ketones (excluding diaryl/α,β-unsaturated/α-hetero) is 5. The third kappa shape index (κ3) is 5.73. The van der Waals surface area contributed by atoms with Crippen molar-refractivity contribution in [1.29, 1.82) is 0 Å². The van der Waals surface area contributed by atoms with E-state index in [0.29, 0.717) is 27.8 Å². The fourth-order valence-electron chi connectivity index (χ4n) is 6.72. The first kappa shape index (κ1) is 29.5. The van der Waals surface area contributed by atoms with Gasteiger partial charge < -0.3 is 0 Å². The van der Waals surface area contributed by atoms with E-state index in [1.54, 1.807) is 152 Å². The number of carbonyl (C=O) groups excluding carboxylic acids is 5. The number of hydrogen-bond donors (Lipinski definition) is 0. The molecule has 0 aliphatic heterocycles. The molecule has 0 amide bonds. The summed E-state index contributed by atoms with van der Waals surface area (Å²) in [6.45, 7) is 0. The normalized spacial score (nSPS) is 20.7. The van der Waals surface area contributed by atoms with Gasteiger partial charge in [-0.15, -0.1) is 0 Å². The minimum atomic E-state index is -1.27. The van der Waals surface area contributed by atoms with Crippen molar-refractivity contribution in [3.05, 3.63) is 179 Å². The molecular formula is C40H30O5. The number of hydrogen-bond acceptors (Lipinski definition) is 5. The molecule has 0 unspecified atom stereocenters. The Morgan fingerprint density at radius 2 is 0.378 bits per heavy atom.